The molecule has 108 valence electrons. The maximum atomic E-state index is 12.2. The van der Waals surface area contributed by atoms with Gasteiger partial charge in [-0.15, -0.1) is 0 Å². The summed E-state index contributed by atoms with van der Waals surface area (Å²) < 4.78 is 1.94. The second-order valence-electron chi connectivity index (χ2n) is 6.15. The van der Waals surface area contributed by atoms with Crippen molar-refractivity contribution < 1.29 is 9.69 Å². The van der Waals surface area contributed by atoms with Gasteiger partial charge in [-0.3, -0.25) is 9.48 Å². The zero-order valence-corrected chi connectivity index (χ0v) is 13.0. The van der Waals surface area contributed by atoms with Crippen LogP contribution in [0.25, 0.3) is 0 Å². The number of hydrogen-bond donors (Lipinski definition) is 2. The number of quaternary nitrogens is 1. The fraction of sp³-hybridized carbons (Fsp3) is 0.714. The van der Waals surface area contributed by atoms with Gasteiger partial charge in [-0.05, 0) is 27.2 Å². The summed E-state index contributed by atoms with van der Waals surface area (Å²) in [5.41, 5.74) is 1.60. The molecule has 0 saturated heterocycles. The van der Waals surface area contributed by atoms with Crippen molar-refractivity contribution in [3.63, 3.8) is 0 Å². The first kappa shape index (κ1) is 15.7. The van der Waals surface area contributed by atoms with Crippen LogP contribution in [0, 0.1) is 0 Å². The molecule has 0 radical (unpaired) electrons. The lowest BCUT2D eigenvalue weighted by Crippen LogP contribution is -3.06. The van der Waals surface area contributed by atoms with Crippen LogP contribution in [0.15, 0.2) is 6.20 Å². The van der Waals surface area contributed by atoms with E-state index in [-0.39, 0.29) is 11.4 Å². The molecule has 5 heteroatoms. The topological polar surface area (TPSA) is 51.4 Å². The Bertz CT molecular complexity index is 429. The number of carbonyl (C=O) groups is 1. The van der Waals surface area contributed by atoms with Crippen molar-refractivity contribution in [2.24, 2.45) is 0 Å². The molecule has 1 aromatic rings. The monoisotopic (exact) mass is 267 g/mol. The standard InChI is InChI=1S/C14H26N4O/c1-7-12-11(10-16-18(12)14(2,3)4)13(19)15-8-9-17(5)6/h10H,7-9H2,1-6H3,(H,15,19)/p+1. The van der Waals surface area contributed by atoms with Crippen molar-refractivity contribution >= 4 is 5.91 Å². The number of nitrogens with one attached hydrogen (secondary N) is 2. The normalized spacial score (nSPS) is 11.9. The van der Waals surface area contributed by atoms with Crippen molar-refractivity contribution in [3.8, 4) is 0 Å². The van der Waals surface area contributed by atoms with E-state index < -0.39 is 0 Å². The Labute approximate surface area is 116 Å². The summed E-state index contributed by atoms with van der Waals surface area (Å²) in [6.45, 7) is 9.94. The molecule has 0 saturated carbocycles. The predicted molar refractivity (Wildman–Crippen MR) is 76.6 cm³/mol. The number of aromatic nitrogens is 2. The fourth-order valence-electron chi connectivity index (χ4n) is 2.00. The zero-order valence-electron chi connectivity index (χ0n) is 13.0. The highest BCUT2D eigenvalue weighted by Crippen LogP contribution is 2.19. The zero-order chi connectivity index (χ0) is 14.6. The molecule has 1 heterocycles. The summed E-state index contributed by atoms with van der Waals surface area (Å²) in [5, 5.41) is 7.33. The van der Waals surface area contributed by atoms with Crippen molar-refractivity contribution in [2.75, 3.05) is 27.2 Å². The van der Waals surface area contributed by atoms with Gasteiger partial charge in [-0.1, -0.05) is 6.92 Å². The van der Waals surface area contributed by atoms with Gasteiger partial charge in [0.05, 0.1) is 50.2 Å². The van der Waals surface area contributed by atoms with E-state index in [2.05, 4.69) is 52.2 Å². The Morgan fingerprint density at radius 1 is 1.42 bits per heavy atom. The number of amides is 1. The fourth-order valence-corrected chi connectivity index (χ4v) is 2.00. The highest BCUT2D eigenvalue weighted by Gasteiger charge is 2.22. The molecule has 2 N–H and O–H groups in total. The van der Waals surface area contributed by atoms with Crippen LogP contribution in [0.1, 0.15) is 43.7 Å². The van der Waals surface area contributed by atoms with Gasteiger partial charge in [0.25, 0.3) is 5.91 Å². The minimum Gasteiger partial charge on any atom is -0.346 e. The Morgan fingerprint density at radius 2 is 2.05 bits per heavy atom. The van der Waals surface area contributed by atoms with Gasteiger partial charge in [0.15, 0.2) is 0 Å². The summed E-state index contributed by atoms with van der Waals surface area (Å²) in [4.78, 5) is 13.5. The third kappa shape index (κ3) is 4.06. The molecule has 0 bridgehead atoms. The van der Waals surface area contributed by atoms with Crippen molar-refractivity contribution in [1.82, 2.24) is 15.1 Å². The molecule has 1 aromatic heterocycles. The van der Waals surface area contributed by atoms with Crippen molar-refractivity contribution in [1.29, 1.82) is 0 Å². The molecule has 0 fully saturated rings. The van der Waals surface area contributed by atoms with Gasteiger partial charge in [0, 0.05) is 0 Å². The minimum absolute atomic E-state index is 0.0198. The predicted octanol–water partition coefficient (Wildman–Crippen LogP) is 0.0748. The SMILES string of the molecule is CCc1c(C(=O)NCC[NH+](C)C)cnn1C(C)(C)C. The molecule has 0 aromatic carbocycles. The highest BCUT2D eigenvalue weighted by atomic mass is 16.1. The maximum Gasteiger partial charge on any atom is 0.254 e. The van der Waals surface area contributed by atoms with E-state index in [0.717, 1.165) is 18.7 Å². The summed E-state index contributed by atoms with van der Waals surface area (Å²) in [6.07, 6.45) is 2.49. The third-order valence-corrected chi connectivity index (χ3v) is 2.99. The van der Waals surface area contributed by atoms with E-state index in [1.807, 2.05) is 4.68 Å². The van der Waals surface area contributed by atoms with Gasteiger partial charge >= 0.3 is 0 Å². The molecule has 0 atom stereocenters. The van der Waals surface area contributed by atoms with Crippen LogP contribution in [0.4, 0.5) is 0 Å². The Hall–Kier alpha value is -1.36. The highest BCUT2D eigenvalue weighted by molar-refractivity contribution is 5.95. The summed E-state index contributed by atoms with van der Waals surface area (Å²) >= 11 is 0. The van der Waals surface area contributed by atoms with E-state index in [9.17, 15) is 4.79 Å². The van der Waals surface area contributed by atoms with Gasteiger partial charge in [0.2, 0.25) is 0 Å². The molecule has 19 heavy (non-hydrogen) atoms. The largest absolute Gasteiger partial charge is 0.346 e. The molecule has 0 spiro atoms. The summed E-state index contributed by atoms with van der Waals surface area (Å²) in [6, 6.07) is 0. The first-order valence-corrected chi connectivity index (χ1v) is 6.92. The molecule has 0 aliphatic carbocycles. The van der Waals surface area contributed by atoms with Crippen LogP contribution in [-0.2, 0) is 12.0 Å². The van der Waals surface area contributed by atoms with E-state index >= 15 is 0 Å². The number of likely N-dealkylation sites (N-methyl/N-ethyl adjacent to an activating group) is 1. The average molecular weight is 267 g/mol. The first-order chi connectivity index (χ1) is 8.77. The lowest BCUT2D eigenvalue weighted by Gasteiger charge is -2.22. The Morgan fingerprint density at radius 3 is 2.53 bits per heavy atom. The van der Waals surface area contributed by atoms with E-state index in [4.69, 9.17) is 0 Å². The summed E-state index contributed by atoms with van der Waals surface area (Å²) in [7, 11) is 4.14. The lowest BCUT2D eigenvalue weighted by molar-refractivity contribution is -0.856. The van der Waals surface area contributed by atoms with Gasteiger partial charge in [-0.2, -0.15) is 5.10 Å². The van der Waals surface area contributed by atoms with Crippen LogP contribution in [0.3, 0.4) is 0 Å². The average Bonchev–Trinajstić information content (AvgIpc) is 2.71. The van der Waals surface area contributed by atoms with E-state index in [1.54, 1.807) is 6.20 Å². The molecule has 0 aliphatic rings. The lowest BCUT2D eigenvalue weighted by atomic mass is 10.1. The number of nitrogens with zero attached hydrogens (tertiary/aromatic N) is 2. The second kappa shape index (κ2) is 6.19. The number of hydrogen-bond acceptors (Lipinski definition) is 2. The van der Waals surface area contributed by atoms with Gasteiger partial charge in [-0.25, -0.2) is 0 Å². The number of carbonyl (C=O) groups excluding carboxylic acids is 1. The molecule has 1 amide bonds. The van der Waals surface area contributed by atoms with Crippen molar-refractivity contribution in [3.05, 3.63) is 17.5 Å². The first-order valence-electron chi connectivity index (χ1n) is 6.92. The van der Waals surface area contributed by atoms with Crippen molar-refractivity contribution in [2.45, 2.75) is 39.7 Å². The van der Waals surface area contributed by atoms with Crippen LogP contribution in [0.5, 0.6) is 0 Å². The second-order valence-corrected chi connectivity index (χ2v) is 6.15. The Balaban J connectivity index is 2.84. The minimum atomic E-state index is -0.0995. The van der Waals surface area contributed by atoms with E-state index in [0.29, 0.717) is 12.1 Å². The number of rotatable bonds is 5. The van der Waals surface area contributed by atoms with Crippen LogP contribution >= 0.6 is 0 Å². The quantitative estimate of drug-likeness (QED) is 0.793. The molecule has 5 nitrogen and oxygen atoms in total. The van der Waals surface area contributed by atoms with Crippen LogP contribution in [-0.4, -0.2) is 42.9 Å². The Kier molecular flexibility index (Phi) is 5.11. The van der Waals surface area contributed by atoms with Crippen LogP contribution in [0.2, 0.25) is 0 Å². The molecule has 0 unspecified atom stereocenters. The smallest absolute Gasteiger partial charge is 0.254 e. The molecule has 1 rings (SSSR count). The van der Waals surface area contributed by atoms with Crippen LogP contribution < -0.4 is 10.2 Å². The van der Waals surface area contributed by atoms with Gasteiger partial charge < -0.3 is 10.2 Å². The maximum absolute atomic E-state index is 12.2. The molecular weight excluding hydrogens is 240 g/mol. The third-order valence-electron chi connectivity index (χ3n) is 2.99. The van der Waals surface area contributed by atoms with E-state index in [1.165, 1.54) is 4.90 Å². The molecule has 0 aliphatic heterocycles. The summed E-state index contributed by atoms with van der Waals surface area (Å²) in [5.74, 6) is -0.0198. The molecular formula is C14H27N4O+. The van der Waals surface area contributed by atoms with Gasteiger partial charge in [0.1, 0.15) is 0 Å².